The van der Waals surface area contributed by atoms with Crippen LogP contribution in [0.2, 0.25) is 0 Å². The van der Waals surface area contributed by atoms with Crippen molar-refractivity contribution in [2.24, 2.45) is 0 Å². The second-order valence-electron chi connectivity index (χ2n) is 8.36. The van der Waals surface area contributed by atoms with Crippen LogP contribution in [0, 0.1) is 0 Å². The second kappa shape index (κ2) is 5.23. The third-order valence-electron chi connectivity index (χ3n) is 7.01. The largest absolute Gasteiger partial charge is 0.0616 e. The first-order chi connectivity index (χ1) is 13.9. The topological polar surface area (TPSA) is 0 Å². The molecule has 0 saturated heterocycles. The summed E-state index contributed by atoms with van der Waals surface area (Å²) in [7, 11) is 0. The average molecular weight is 356 g/mol. The van der Waals surface area contributed by atoms with Gasteiger partial charge in [-0.05, 0) is 92.4 Å². The fraction of sp³-hybridized carbons (Fsp3) is 0.143. The number of hydrogen-bond donors (Lipinski definition) is 0. The Bertz CT molecular complexity index is 1100. The van der Waals surface area contributed by atoms with Crippen LogP contribution in [0.1, 0.15) is 22.3 Å². The van der Waals surface area contributed by atoms with E-state index >= 15 is 0 Å². The molecular weight excluding hydrogens is 336 g/mol. The summed E-state index contributed by atoms with van der Waals surface area (Å²) in [5, 5.41) is 0. The molecule has 0 nitrogen and oxygen atoms in total. The fourth-order valence-corrected chi connectivity index (χ4v) is 5.69. The smallest absolute Gasteiger partial charge is 0.00640 e. The number of rotatable bonds is 0. The van der Waals surface area contributed by atoms with Crippen LogP contribution in [0.25, 0.3) is 44.5 Å². The second-order valence-corrected chi connectivity index (χ2v) is 8.36. The van der Waals surface area contributed by atoms with Crippen molar-refractivity contribution in [3.05, 3.63) is 95.1 Å². The van der Waals surface area contributed by atoms with Crippen molar-refractivity contribution < 1.29 is 0 Å². The van der Waals surface area contributed by atoms with Crippen LogP contribution in [-0.4, -0.2) is 0 Å². The zero-order valence-corrected chi connectivity index (χ0v) is 15.8. The molecule has 0 fully saturated rings. The molecule has 0 heterocycles. The van der Waals surface area contributed by atoms with Gasteiger partial charge < -0.3 is 0 Å². The molecule has 4 aliphatic rings. The molecule has 0 spiro atoms. The van der Waals surface area contributed by atoms with Gasteiger partial charge in [0.05, 0.1) is 0 Å². The van der Waals surface area contributed by atoms with Gasteiger partial charge in [0.1, 0.15) is 0 Å². The fourth-order valence-electron chi connectivity index (χ4n) is 5.69. The summed E-state index contributed by atoms with van der Waals surface area (Å²) in [6.07, 6.45) is 4.46. The van der Waals surface area contributed by atoms with Crippen molar-refractivity contribution >= 4 is 0 Å². The van der Waals surface area contributed by atoms with Gasteiger partial charge in [-0.15, -0.1) is 0 Å². The van der Waals surface area contributed by atoms with Gasteiger partial charge in [-0.1, -0.05) is 72.8 Å². The highest BCUT2D eigenvalue weighted by Crippen LogP contribution is 2.54. The van der Waals surface area contributed by atoms with Gasteiger partial charge in [0.15, 0.2) is 0 Å². The Balaban J connectivity index is 1.41. The van der Waals surface area contributed by atoms with Crippen LogP contribution in [0.15, 0.2) is 72.8 Å². The lowest BCUT2D eigenvalue weighted by molar-refractivity contribution is 0.922. The molecule has 0 saturated carbocycles. The highest BCUT2D eigenvalue weighted by Gasteiger charge is 2.31. The summed E-state index contributed by atoms with van der Waals surface area (Å²) in [5.74, 6) is 0. The Hall–Kier alpha value is -3.12. The summed E-state index contributed by atoms with van der Waals surface area (Å²) in [6.45, 7) is 0. The third kappa shape index (κ3) is 1.76. The molecule has 0 heteroatoms. The van der Waals surface area contributed by atoms with E-state index in [-0.39, 0.29) is 0 Å². The van der Waals surface area contributed by atoms with Crippen LogP contribution in [0.3, 0.4) is 0 Å². The molecule has 0 N–H and O–H groups in total. The van der Waals surface area contributed by atoms with Crippen molar-refractivity contribution in [3.63, 3.8) is 0 Å². The van der Waals surface area contributed by atoms with Gasteiger partial charge >= 0.3 is 0 Å². The molecule has 4 aromatic rings. The molecule has 132 valence electrons. The molecule has 4 aromatic carbocycles. The van der Waals surface area contributed by atoms with Gasteiger partial charge in [0, 0.05) is 0 Å². The summed E-state index contributed by atoms with van der Waals surface area (Å²) >= 11 is 0. The van der Waals surface area contributed by atoms with E-state index < -0.39 is 0 Å². The van der Waals surface area contributed by atoms with E-state index in [1.54, 1.807) is 0 Å². The van der Waals surface area contributed by atoms with Crippen LogP contribution in [0.4, 0.5) is 0 Å². The third-order valence-corrected chi connectivity index (χ3v) is 7.01. The lowest BCUT2D eigenvalue weighted by atomic mass is 9.70. The molecule has 8 rings (SSSR count). The first-order valence-corrected chi connectivity index (χ1v) is 10.4. The molecule has 0 aliphatic heterocycles. The Morgan fingerprint density at radius 2 is 0.571 bits per heavy atom. The molecule has 0 amide bonds. The summed E-state index contributed by atoms with van der Waals surface area (Å²) in [5.41, 5.74) is 18.0. The predicted octanol–water partition coefficient (Wildman–Crippen LogP) is 6.87. The predicted molar refractivity (Wildman–Crippen MR) is 117 cm³/mol. The molecule has 0 radical (unpaired) electrons. The van der Waals surface area contributed by atoms with E-state index in [0.29, 0.717) is 0 Å². The van der Waals surface area contributed by atoms with Crippen molar-refractivity contribution in [2.45, 2.75) is 25.7 Å². The van der Waals surface area contributed by atoms with Crippen molar-refractivity contribution in [3.8, 4) is 44.5 Å². The van der Waals surface area contributed by atoms with E-state index in [0.717, 1.165) is 25.7 Å². The minimum absolute atomic E-state index is 1.12. The van der Waals surface area contributed by atoms with E-state index in [2.05, 4.69) is 72.8 Å². The van der Waals surface area contributed by atoms with Crippen LogP contribution in [-0.2, 0) is 25.7 Å². The normalized spacial score (nSPS) is 14.6. The van der Waals surface area contributed by atoms with Crippen molar-refractivity contribution in [1.82, 2.24) is 0 Å². The molecule has 0 unspecified atom stereocenters. The summed E-state index contributed by atoms with van der Waals surface area (Å²) < 4.78 is 0. The van der Waals surface area contributed by atoms with Crippen molar-refractivity contribution in [1.29, 1.82) is 0 Å². The van der Waals surface area contributed by atoms with Gasteiger partial charge in [-0.25, -0.2) is 0 Å². The van der Waals surface area contributed by atoms with Crippen molar-refractivity contribution in [2.75, 3.05) is 0 Å². The van der Waals surface area contributed by atoms with Gasteiger partial charge in [-0.2, -0.15) is 0 Å². The summed E-state index contributed by atoms with van der Waals surface area (Å²) in [6, 6.07) is 27.5. The number of hydrogen-bond acceptors (Lipinski definition) is 0. The standard InChI is InChI=1S/C28H20/c1-2-6-22-21(5-1)25-17-9-10-18(26(22)25)15-16-20-12-11-19(14-13-17)27-23-7-3-4-8-24(23)28(20)27/h1-12H,13-16H2. The molecule has 4 bridgehead atoms. The van der Waals surface area contributed by atoms with Gasteiger partial charge in [-0.3, -0.25) is 0 Å². The van der Waals surface area contributed by atoms with E-state index in [4.69, 9.17) is 0 Å². The van der Waals surface area contributed by atoms with E-state index in [9.17, 15) is 0 Å². The first kappa shape index (κ1) is 14.9. The SMILES string of the molecule is c1ccc2c(c1)-c1c3ccc(c1-2)CCc1ccc(c2c1-c1ccccc1-2)CC3. The summed E-state index contributed by atoms with van der Waals surface area (Å²) in [4.78, 5) is 0. The van der Waals surface area contributed by atoms with E-state index in [1.165, 1.54) is 66.8 Å². The number of aryl methyl sites for hydroxylation is 4. The van der Waals surface area contributed by atoms with Crippen LogP contribution in [0.5, 0.6) is 0 Å². The maximum absolute atomic E-state index is 2.40. The molecule has 0 aromatic heterocycles. The highest BCUT2D eigenvalue weighted by molar-refractivity contribution is 6.06. The van der Waals surface area contributed by atoms with E-state index in [1.807, 2.05) is 0 Å². The Morgan fingerprint density at radius 3 is 0.821 bits per heavy atom. The zero-order valence-electron chi connectivity index (χ0n) is 15.8. The minimum Gasteiger partial charge on any atom is -0.0616 e. The van der Waals surface area contributed by atoms with Gasteiger partial charge in [0.2, 0.25) is 0 Å². The molecular formula is C28H20. The Labute approximate surface area is 165 Å². The average Bonchev–Trinajstić information content (AvgIpc) is 2.70. The van der Waals surface area contributed by atoms with Crippen LogP contribution >= 0.6 is 0 Å². The zero-order chi connectivity index (χ0) is 18.2. The van der Waals surface area contributed by atoms with Gasteiger partial charge in [0.25, 0.3) is 0 Å². The highest BCUT2D eigenvalue weighted by atomic mass is 14.3. The molecule has 4 aliphatic carbocycles. The Morgan fingerprint density at radius 1 is 0.321 bits per heavy atom. The monoisotopic (exact) mass is 356 g/mol. The quantitative estimate of drug-likeness (QED) is 0.279. The minimum atomic E-state index is 1.12. The van der Waals surface area contributed by atoms with Crippen LogP contribution < -0.4 is 0 Å². The maximum atomic E-state index is 2.40. The molecule has 28 heavy (non-hydrogen) atoms. The lowest BCUT2D eigenvalue weighted by Crippen LogP contribution is -2.12. The molecule has 0 atom stereocenters. The first-order valence-electron chi connectivity index (χ1n) is 10.4. The number of fused-ring (bicyclic) bond motifs is 8. The lowest BCUT2D eigenvalue weighted by Gasteiger charge is -2.33. The Kier molecular flexibility index (Phi) is 2.78. The maximum Gasteiger partial charge on any atom is -0.00640 e. The number of benzene rings is 4.